The van der Waals surface area contributed by atoms with Crippen molar-refractivity contribution in [2.24, 2.45) is 5.92 Å². The van der Waals surface area contributed by atoms with Crippen molar-refractivity contribution in [1.29, 1.82) is 0 Å². The summed E-state index contributed by atoms with van der Waals surface area (Å²) < 4.78 is 1.52. The topological polar surface area (TPSA) is 110 Å². The second-order valence-corrected chi connectivity index (χ2v) is 5.11. The van der Waals surface area contributed by atoms with Gasteiger partial charge in [0.25, 0.3) is 0 Å². The third kappa shape index (κ3) is 4.02. The Morgan fingerprint density at radius 1 is 1.60 bits per heavy atom. The number of aryl methyl sites for hydroxylation is 1. The van der Waals surface area contributed by atoms with Crippen LogP contribution in [-0.4, -0.2) is 38.1 Å². The van der Waals surface area contributed by atoms with Crippen molar-refractivity contribution in [1.82, 2.24) is 14.9 Å². The molecule has 1 saturated carbocycles. The van der Waals surface area contributed by atoms with Gasteiger partial charge in [0.05, 0.1) is 6.10 Å². The molecule has 2 atom stereocenters. The molecule has 0 radical (unpaired) electrons. The largest absolute Gasteiger partial charge is 0.393 e. The first-order valence-electron chi connectivity index (χ1n) is 6.65. The fourth-order valence-corrected chi connectivity index (χ4v) is 2.38. The summed E-state index contributed by atoms with van der Waals surface area (Å²) in [4.78, 5) is 25.2. The number of aliphatic hydroxyl groups excluding tert-OH is 1. The first-order chi connectivity index (χ1) is 9.54. The quantitative estimate of drug-likeness (QED) is 0.581. The molecule has 8 heteroatoms. The lowest BCUT2D eigenvalue weighted by atomic mass is 10.1. The van der Waals surface area contributed by atoms with Gasteiger partial charge in [0.15, 0.2) is 0 Å². The summed E-state index contributed by atoms with van der Waals surface area (Å²) in [5.74, 6) is 0.0383. The number of amides is 1. The summed E-state index contributed by atoms with van der Waals surface area (Å²) in [6, 6.07) is 0. The van der Waals surface area contributed by atoms with Crippen LogP contribution in [0.15, 0.2) is 12.5 Å². The van der Waals surface area contributed by atoms with Crippen LogP contribution in [0.4, 0.5) is 5.82 Å². The normalized spacial score (nSPS) is 21.9. The molecular weight excluding hydrogens is 264 g/mol. The highest BCUT2D eigenvalue weighted by Gasteiger charge is 2.22. The van der Waals surface area contributed by atoms with Gasteiger partial charge in [0.1, 0.15) is 6.20 Å². The van der Waals surface area contributed by atoms with Crippen LogP contribution >= 0.6 is 0 Å². The summed E-state index contributed by atoms with van der Waals surface area (Å²) in [7, 11) is 0. The van der Waals surface area contributed by atoms with Crippen LogP contribution in [0.25, 0.3) is 0 Å². The molecule has 110 valence electrons. The molecule has 0 bridgehead atoms. The number of nitro groups is 1. The fourth-order valence-electron chi connectivity index (χ4n) is 2.38. The lowest BCUT2D eigenvalue weighted by Crippen LogP contribution is -2.29. The molecule has 1 aromatic rings. The van der Waals surface area contributed by atoms with Crippen LogP contribution in [-0.2, 0) is 11.3 Å². The molecule has 1 aromatic heterocycles. The van der Waals surface area contributed by atoms with Crippen LogP contribution in [0, 0.1) is 16.0 Å². The molecule has 1 aliphatic rings. The Kier molecular flexibility index (Phi) is 4.67. The second kappa shape index (κ2) is 6.47. The Bertz CT molecular complexity index is 488. The number of hydrogen-bond donors (Lipinski definition) is 2. The van der Waals surface area contributed by atoms with Crippen molar-refractivity contribution in [3.63, 3.8) is 0 Å². The zero-order chi connectivity index (χ0) is 14.5. The minimum atomic E-state index is -0.567. The lowest BCUT2D eigenvalue weighted by Gasteiger charge is -2.10. The Balaban J connectivity index is 1.68. The van der Waals surface area contributed by atoms with Crippen molar-refractivity contribution in [3.8, 4) is 0 Å². The molecule has 0 aliphatic heterocycles. The van der Waals surface area contributed by atoms with Crippen molar-refractivity contribution in [2.45, 2.75) is 38.3 Å². The highest BCUT2D eigenvalue weighted by molar-refractivity contribution is 5.75. The molecule has 0 aromatic carbocycles. The van der Waals surface area contributed by atoms with Crippen molar-refractivity contribution < 1.29 is 14.8 Å². The Morgan fingerprint density at radius 3 is 3.00 bits per heavy atom. The van der Waals surface area contributed by atoms with Crippen molar-refractivity contribution >= 4 is 11.7 Å². The second-order valence-electron chi connectivity index (χ2n) is 5.11. The minimum Gasteiger partial charge on any atom is -0.393 e. The molecule has 2 unspecified atom stereocenters. The van der Waals surface area contributed by atoms with E-state index < -0.39 is 4.92 Å². The van der Waals surface area contributed by atoms with Gasteiger partial charge in [0, 0.05) is 19.5 Å². The average Bonchev–Trinajstić information content (AvgIpc) is 3.03. The van der Waals surface area contributed by atoms with Crippen LogP contribution in [0.1, 0.15) is 25.7 Å². The van der Waals surface area contributed by atoms with Gasteiger partial charge in [-0.15, -0.1) is 0 Å². The van der Waals surface area contributed by atoms with Crippen LogP contribution < -0.4 is 5.32 Å². The zero-order valence-corrected chi connectivity index (χ0v) is 11.1. The predicted octanol–water partition coefficient (Wildman–Crippen LogP) is 0.459. The molecule has 8 nitrogen and oxygen atoms in total. The van der Waals surface area contributed by atoms with Gasteiger partial charge in [-0.1, -0.05) is 0 Å². The summed E-state index contributed by atoms with van der Waals surface area (Å²) in [6.07, 6.45) is 5.16. The standard InChI is InChI=1S/C12H18N4O4/c17-10-2-1-9(5-10)6-13-12(18)3-4-15-7-11(14-8-15)16(19)20/h7-10,17H,1-6H2,(H,13,18). The lowest BCUT2D eigenvalue weighted by molar-refractivity contribution is -0.389. The molecule has 2 N–H and O–H groups in total. The highest BCUT2D eigenvalue weighted by Crippen LogP contribution is 2.24. The molecule has 1 heterocycles. The molecule has 1 aliphatic carbocycles. The number of carbonyl (C=O) groups excluding carboxylic acids is 1. The Hall–Kier alpha value is -1.96. The third-order valence-electron chi connectivity index (χ3n) is 3.51. The van der Waals surface area contributed by atoms with Gasteiger partial charge in [-0.25, -0.2) is 0 Å². The number of carbonyl (C=O) groups is 1. The number of imidazole rings is 1. The maximum absolute atomic E-state index is 11.7. The van der Waals surface area contributed by atoms with E-state index in [1.54, 1.807) is 0 Å². The van der Waals surface area contributed by atoms with E-state index in [0.29, 0.717) is 19.0 Å². The van der Waals surface area contributed by atoms with E-state index >= 15 is 0 Å². The van der Waals surface area contributed by atoms with E-state index in [-0.39, 0.29) is 24.2 Å². The fraction of sp³-hybridized carbons (Fsp3) is 0.667. The van der Waals surface area contributed by atoms with Crippen molar-refractivity contribution in [3.05, 3.63) is 22.6 Å². The van der Waals surface area contributed by atoms with Gasteiger partial charge in [-0.05, 0) is 35.1 Å². The third-order valence-corrected chi connectivity index (χ3v) is 3.51. The van der Waals surface area contributed by atoms with E-state index in [1.807, 2.05) is 0 Å². The van der Waals surface area contributed by atoms with Gasteiger partial charge in [0.2, 0.25) is 12.2 Å². The first kappa shape index (κ1) is 14.4. The van der Waals surface area contributed by atoms with E-state index in [0.717, 1.165) is 19.3 Å². The Morgan fingerprint density at radius 2 is 2.40 bits per heavy atom. The van der Waals surface area contributed by atoms with Crippen LogP contribution in [0.2, 0.25) is 0 Å². The molecular formula is C12H18N4O4. The number of nitrogens with one attached hydrogen (secondary N) is 1. The highest BCUT2D eigenvalue weighted by atomic mass is 16.6. The minimum absolute atomic E-state index is 0.0947. The molecule has 20 heavy (non-hydrogen) atoms. The monoisotopic (exact) mass is 282 g/mol. The number of hydrogen-bond acceptors (Lipinski definition) is 5. The SMILES string of the molecule is O=C(CCn1cnc([N+](=O)[O-])c1)NCC1CCC(O)C1. The number of aliphatic hydroxyl groups is 1. The number of aromatic nitrogens is 2. The van der Waals surface area contributed by atoms with E-state index in [1.165, 1.54) is 17.1 Å². The molecule has 1 fully saturated rings. The van der Waals surface area contributed by atoms with Crippen LogP contribution in [0.3, 0.4) is 0 Å². The zero-order valence-electron chi connectivity index (χ0n) is 11.1. The summed E-state index contributed by atoms with van der Waals surface area (Å²) in [6.45, 7) is 0.944. The van der Waals surface area contributed by atoms with E-state index in [9.17, 15) is 20.0 Å². The molecule has 1 amide bonds. The predicted molar refractivity (Wildman–Crippen MR) is 69.9 cm³/mol. The number of rotatable bonds is 6. The molecule has 0 saturated heterocycles. The molecule has 2 rings (SSSR count). The van der Waals surface area contributed by atoms with Gasteiger partial charge in [-0.2, -0.15) is 0 Å². The van der Waals surface area contributed by atoms with Gasteiger partial charge >= 0.3 is 5.82 Å². The molecule has 0 spiro atoms. The first-order valence-corrected chi connectivity index (χ1v) is 6.65. The van der Waals surface area contributed by atoms with E-state index in [2.05, 4.69) is 10.3 Å². The number of nitrogens with zero attached hydrogens (tertiary/aromatic N) is 3. The maximum atomic E-state index is 11.7. The smallest absolute Gasteiger partial charge is 0.381 e. The van der Waals surface area contributed by atoms with Gasteiger partial charge in [-0.3, -0.25) is 4.79 Å². The van der Waals surface area contributed by atoms with Gasteiger partial charge < -0.3 is 25.1 Å². The summed E-state index contributed by atoms with van der Waals surface area (Å²) >= 11 is 0. The maximum Gasteiger partial charge on any atom is 0.381 e. The van der Waals surface area contributed by atoms with Crippen LogP contribution in [0.5, 0.6) is 0 Å². The van der Waals surface area contributed by atoms with Crippen molar-refractivity contribution in [2.75, 3.05) is 6.54 Å². The summed E-state index contributed by atoms with van der Waals surface area (Å²) in [5.41, 5.74) is 0. The average molecular weight is 282 g/mol. The summed E-state index contributed by atoms with van der Waals surface area (Å²) in [5, 5.41) is 22.7. The Labute approximate surface area is 116 Å². The van der Waals surface area contributed by atoms with E-state index in [4.69, 9.17) is 0 Å².